The summed E-state index contributed by atoms with van der Waals surface area (Å²) in [5, 5.41) is 0. The molecule has 0 fully saturated rings. The van der Waals surface area contributed by atoms with E-state index in [2.05, 4.69) is 56.1 Å². The predicted molar refractivity (Wildman–Crippen MR) is 69.3 cm³/mol. The Labute approximate surface area is 97.9 Å². The molecule has 1 aliphatic rings. The topological polar surface area (TPSA) is 12.9 Å². The second-order valence-electron chi connectivity index (χ2n) is 5.34. The van der Waals surface area contributed by atoms with E-state index in [0.29, 0.717) is 0 Å². The van der Waals surface area contributed by atoms with Gasteiger partial charge < -0.3 is 0 Å². The van der Waals surface area contributed by atoms with Gasteiger partial charge in [-0.15, -0.1) is 0 Å². The van der Waals surface area contributed by atoms with Crippen LogP contribution < -0.4 is 0 Å². The highest BCUT2D eigenvalue weighted by molar-refractivity contribution is 5.66. The van der Waals surface area contributed by atoms with Crippen molar-refractivity contribution in [1.29, 1.82) is 0 Å². The lowest BCUT2D eigenvalue weighted by Gasteiger charge is -2.20. The average molecular weight is 213 g/mol. The molecule has 0 saturated heterocycles. The zero-order valence-corrected chi connectivity index (χ0v) is 10.3. The number of rotatable bonds is 1. The summed E-state index contributed by atoms with van der Waals surface area (Å²) in [7, 11) is 0. The number of hydrogen-bond acceptors (Lipinski definition) is 1. The largest absolute Gasteiger partial charge is 0.257 e. The molecule has 16 heavy (non-hydrogen) atoms. The van der Waals surface area contributed by atoms with E-state index >= 15 is 0 Å². The van der Waals surface area contributed by atoms with E-state index in [1.165, 1.54) is 11.1 Å². The molecule has 1 nitrogen and oxygen atoms in total. The van der Waals surface area contributed by atoms with Gasteiger partial charge in [0.05, 0.1) is 5.69 Å². The second kappa shape index (κ2) is 4.25. The number of hydrogen-bond donors (Lipinski definition) is 0. The molecule has 0 bridgehead atoms. The van der Waals surface area contributed by atoms with Crippen LogP contribution in [0.4, 0.5) is 0 Å². The Morgan fingerprint density at radius 3 is 2.69 bits per heavy atom. The van der Waals surface area contributed by atoms with E-state index in [9.17, 15) is 0 Å². The standard InChI is InChI=1S/C15H19N/c1-15(2,3)13-9-10-16-14(11-13)12-7-5-4-6-8-12/h4-5,7,9-11H,6,8H2,1-3H3. The molecule has 1 aliphatic carbocycles. The summed E-state index contributed by atoms with van der Waals surface area (Å²) in [6.07, 6.45) is 10.7. The van der Waals surface area contributed by atoms with E-state index < -0.39 is 0 Å². The van der Waals surface area contributed by atoms with Gasteiger partial charge in [0.25, 0.3) is 0 Å². The molecule has 0 amide bonds. The Morgan fingerprint density at radius 2 is 2.06 bits per heavy atom. The van der Waals surface area contributed by atoms with Crippen molar-refractivity contribution in [2.75, 3.05) is 0 Å². The van der Waals surface area contributed by atoms with Crippen LogP contribution in [0.3, 0.4) is 0 Å². The highest BCUT2D eigenvalue weighted by Gasteiger charge is 2.15. The third kappa shape index (κ3) is 2.41. The van der Waals surface area contributed by atoms with Crippen molar-refractivity contribution < 1.29 is 0 Å². The maximum Gasteiger partial charge on any atom is 0.0664 e. The lowest BCUT2D eigenvalue weighted by atomic mass is 9.86. The maximum atomic E-state index is 4.47. The molecule has 0 atom stereocenters. The van der Waals surface area contributed by atoms with E-state index in [4.69, 9.17) is 0 Å². The Morgan fingerprint density at radius 1 is 1.25 bits per heavy atom. The van der Waals surface area contributed by atoms with Gasteiger partial charge in [-0.3, -0.25) is 4.98 Å². The summed E-state index contributed by atoms with van der Waals surface area (Å²) in [6.45, 7) is 6.71. The van der Waals surface area contributed by atoms with Crippen molar-refractivity contribution in [2.45, 2.75) is 39.0 Å². The third-order valence-corrected chi connectivity index (χ3v) is 2.97. The van der Waals surface area contributed by atoms with Crippen molar-refractivity contribution in [2.24, 2.45) is 0 Å². The molecule has 1 aromatic heterocycles. The Bertz CT molecular complexity index is 433. The smallest absolute Gasteiger partial charge is 0.0664 e. The molecule has 2 rings (SSSR count). The quantitative estimate of drug-likeness (QED) is 0.684. The molecule has 0 aliphatic heterocycles. The summed E-state index contributed by atoms with van der Waals surface area (Å²) in [6, 6.07) is 4.34. The van der Waals surface area contributed by atoms with Gasteiger partial charge in [0.2, 0.25) is 0 Å². The SMILES string of the molecule is CC(C)(C)c1ccnc(C2=CC=CCC2)c1. The van der Waals surface area contributed by atoms with Crippen molar-refractivity contribution in [1.82, 2.24) is 4.98 Å². The summed E-state index contributed by atoms with van der Waals surface area (Å²) in [5.41, 5.74) is 4.04. The van der Waals surface area contributed by atoms with E-state index in [1.54, 1.807) is 0 Å². The first kappa shape index (κ1) is 11.1. The monoisotopic (exact) mass is 213 g/mol. The van der Waals surface area contributed by atoms with Gasteiger partial charge in [-0.1, -0.05) is 39.0 Å². The van der Waals surface area contributed by atoms with Gasteiger partial charge in [-0.25, -0.2) is 0 Å². The summed E-state index contributed by atoms with van der Waals surface area (Å²) >= 11 is 0. The third-order valence-electron chi connectivity index (χ3n) is 2.97. The highest BCUT2D eigenvalue weighted by Crippen LogP contribution is 2.27. The van der Waals surface area contributed by atoms with E-state index in [0.717, 1.165) is 18.5 Å². The van der Waals surface area contributed by atoms with E-state index in [-0.39, 0.29) is 5.41 Å². The molecule has 1 aromatic rings. The minimum atomic E-state index is 0.197. The Balaban J connectivity index is 2.36. The van der Waals surface area contributed by atoms with Gasteiger partial charge in [-0.05, 0) is 41.5 Å². The van der Waals surface area contributed by atoms with E-state index in [1.807, 2.05) is 6.20 Å². The molecule has 0 aromatic carbocycles. The minimum Gasteiger partial charge on any atom is -0.257 e. The van der Waals surface area contributed by atoms with Crippen molar-refractivity contribution in [3.8, 4) is 0 Å². The molecule has 0 N–H and O–H groups in total. The van der Waals surface area contributed by atoms with Gasteiger partial charge in [0.1, 0.15) is 0 Å². The molecular formula is C15H19N. The Hall–Kier alpha value is -1.37. The normalized spacial score (nSPS) is 16.1. The first-order chi connectivity index (χ1) is 7.57. The van der Waals surface area contributed by atoms with Gasteiger partial charge >= 0.3 is 0 Å². The number of nitrogens with zero attached hydrogens (tertiary/aromatic N) is 1. The maximum absolute atomic E-state index is 4.47. The van der Waals surface area contributed by atoms with Crippen LogP contribution in [0.25, 0.3) is 5.57 Å². The molecular weight excluding hydrogens is 194 g/mol. The van der Waals surface area contributed by atoms with Gasteiger partial charge in [-0.2, -0.15) is 0 Å². The second-order valence-corrected chi connectivity index (χ2v) is 5.34. The molecule has 1 heteroatoms. The molecule has 0 spiro atoms. The zero-order chi connectivity index (χ0) is 11.6. The number of aromatic nitrogens is 1. The molecule has 0 radical (unpaired) electrons. The fourth-order valence-corrected chi connectivity index (χ4v) is 1.89. The van der Waals surface area contributed by atoms with Crippen LogP contribution in [-0.2, 0) is 5.41 Å². The lowest BCUT2D eigenvalue weighted by Crippen LogP contribution is -2.11. The number of allylic oxidation sites excluding steroid dienone is 4. The summed E-state index contributed by atoms with van der Waals surface area (Å²) in [5.74, 6) is 0. The Kier molecular flexibility index (Phi) is 2.95. The minimum absolute atomic E-state index is 0.197. The predicted octanol–water partition coefficient (Wildman–Crippen LogP) is 4.11. The van der Waals surface area contributed by atoms with Crippen molar-refractivity contribution in [3.05, 3.63) is 47.8 Å². The van der Waals surface area contributed by atoms with Crippen LogP contribution in [0, 0.1) is 0 Å². The molecule has 1 heterocycles. The van der Waals surface area contributed by atoms with Gasteiger partial charge in [0, 0.05) is 6.20 Å². The van der Waals surface area contributed by atoms with Gasteiger partial charge in [0.15, 0.2) is 0 Å². The van der Waals surface area contributed by atoms with Crippen LogP contribution in [0.2, 0.25) is 0 Å². The average Bonchev–Trinajstić information content (AvgIpc) is 2.29. The fourth-order valence-electron chi connectivity index (χ4n) is 1.89. The van der Waals surface area contributed by atoms with Crippen LogP contribution in [0.15, 0.2) is 36.6 Å². The first-order valence-electron chi connectivity index (χ1n) is 5.90. The van der Waals surface area contributed by atoms with Crippen LogP contribution in [0.1, 0.15) is 44.9 Å². The summed E-state index contributed by atoms with van der Waals surface area (Å²) in [4.78, 5) is 4.47. The zero-order valence-electron chi connectivity index (χ0n) is 10.3. The molecule has 84 valence electrons. The first-order valence-corrected chi connectivity index (χ1v) is 5.90. The van der Waals surface area contributed by atoms with Crippen molar-refractivity contribution in [3.63, 3.8) is 0 Å². The molecule has 0 unspecified atom stereocenters. The highest BCUT2D eigenvalue weighted by atomic mass is 14.7. The number of pyridine rings is 1. The van der Waals surface area contributed by atoms with Crippen LogP contribution in [-0.4, -0.2) is 4.98 Å². The van der Waals surface area contributed by atoms with Crippen molar-refractivity contribution >= 4 is 5.57 Å². The van der Waals surface area contributed by atoms with Crippen LogP contribution >= 0.6 is 0 Å². The molecule has 0 saturated carbocycles. The fraction of sp³-hybridized carbons (Fsp3) is 0.400. The lowest BCUT2D eigenvalue weighted by molar-refractivity contribution is 0.589. The van der Waals surface area contributed by atoms with Crippen LogP contribution in [0.5, 0.6) is 0 Å². The summed E-state index contributed by atoms with van der Waals surface area (Å²) < 4.78 is 0.